The Morgan fingerprint density at radius 1 is 1.19 bits per heavy atom. The Morgan fingerprint density at radius 2 is 2.00 bits per heavy atom. The second-order valence-corrected chi connectivity index (χ2v) is 8.80. The van der Waals surface area contributed by atoms with Crippen molar-refractivity contribution < 1.29 is 18.7 Å². The summed E-state index contributed by atoms with van der Waals surface area (Å²) in [4.78, 5) is 12.3. The number of alkyl halides is 1. The molecule has 2 aromatic carbocycles. The minimum absolute atomic E-state index is 0.0693. The van der Waals surface area contributed by atoms with E-state index in [-0.39, 0.29) is 17.9 Å². The highest BCUT2D eigenvalue weighted by Crippen LogP contribution is 2.47. The third-order valence-corrected chi connectivity index (χ3v) is 6.97. The highest BCUT2D eigenvalue weighted by molar-refractivity contribution is 5.99. The number of hydrogen-bond donors (Lipinski definition) is 1. The largest absolute Gasteiger partial charge is 0.491 e. The summed E-state index contributed by atoms with van der Waals surface area (Å²) in [5.41, 5.74) is 4.46. The van der Waals surface area contributed by atoms with Crippen molar-refractivity contribution in [1.82, 2.24) is 9.88 Å². The molecule has 5 nitrogen and oxygen atoms in total. The third-order valence-electron chi connectivity index (χ3n) is 6.97. The summed E-state index contributed by atoms with van der Waals surface area (Å²) in [7, 11) is 3.31. The quantitative estimate of drug-likeness (QED) is 0.583. The van der Waals surface area contributed by atoms with E-state index >= 15 is 4.39 Å². The highest BCUT2D eigenvalue weighted by atomic mass is 19.1. The van der Waals surface area contributed by atoms with Gasteiger partial charge in [-0.15, -0.1) is 0 Å². The van der Waals surface area contributed by atoms with Gasteiger partial charge in [0, 0.05) is 28.9 Å². The molecule has 0 unspecified atom stereocenters. The summed E-state index contributed by atoms with van der Waals surface area (Å²) in [5, 5.41) is 4.35. The number of esters is 1. The fourth-order valence-electron chi connectivity index (χ4n) is 5.31. The van der Waals surface area contributed by atoms with Gasteiger partial charge in [0.2, 0.25) is 0 Å². The normalized spacial score (nSPS) is 22.9. The first kappa shape index (κ1) is 21.0. The molecular weight excluding hydrogens is 407 g/mol. The van der Waals surface area contributed by atoms with Crippen molar-refractivity contribution in [3.8, 4) is 17.0 Å². The molecule has 32 heavy (non-hydrogen) atoms. The van der Waals surface area contributed by atoms with Gasteiger partial charge in [0.05, 0.1) is 24.4 Å². The lowest BCUT2D eigenvalue weighted by Crippen LogP contribution is -2.37. The number of aromatic nitrogens is 1. The number of carbonyl (C=O) groups excluding carboxylic acids is 1. The molecular formula is C26H29FN2O3. The zero-order valence-electron chi connectivity index (χ0n) is 18.6. The van der Waals surface area contributed by atoms with E-state index in [1.807, 2.05) is 37.4 Å². The van der Waals surface area contributed by atoms with Gasteiger partial charge < -0.3 is 19.4 Å². The lowest BCUT2D eigenvalue weighted by Gasteiger charge is -2.29. The number of benzene rings is 2. The van der Waals surface area contributed by atoms with Crippen molar-refractivity contribution >= 4 is 16.9 Å². The van der Waals surface area contributed by atoms with Gasteiger partial charge in [0.1, 0.15) is 18.5 Å². The second-order valence-electron chi connectivity index (χ2n) is 8.80. The standard InChI is InChI=1S/C26H29FN2O3/c1-28-17-14-29-22-13-16(26(30)31-2)11-12-19(22)24(18-7-3-5-9-21(18)27)25(29)20-8-4-6-10-23(20)32-15-17/h4,6,8,10-13,17-18,21,28H,3,5,7,9,14-15H2,1-2H3/t17-,18+,21+/m1/s1. The van der Waals surface area contributed by atoms with Crippen molar-refractivity contribution in [2.75, 3.05) is 20.8 Å². The van der Waals surface area contributed by atoms with Crippen molar-refractivity contribution in [2.24, 2.45) is 0 Å². The SMILES string of the molecule is CN[C@H]1COc2ccccc2-c2c([C@H]3CCCC[C@@H]3F)c3ccc(C(=O)OC)cc3n2C1. The van der Waals surface area contributed by atoms with Gasteiger partial charge in [-0.1, -0.05) is 31.0 Å². The number of rotatable bonds is 3. The highest BCUT2D eigenvalue weighted by Gasteiger charge is 2.34. The molecule has 168 valence electrons. The van der Waals surface area contributed by atoms with Crippen LogP contribution in [-0.2, 0) is 11.3 Å². The van der Waals surface area contributed by atoms with Gasteiger partial charge in [0.25, 0.3) is 0 Å². The van der Waals surface area contributed by atoms with Crippen LogP contribution in [0.25, 0.3) is 22.2 Å². The predicted octanol–water partition coefficient (Wildman–Crippen LogP) is 5.07. The van der Waals surface area contributed by atoms with Crippen molar-refractivity contribution in [1.29, 1.82) is 0 Å². The van der Waals surface area contributed by atoms with Gasteiger partial charge in [-0.05, 0) is 49.7 Å². The van der Waals surface area contributed by atoms with Crippen molar-refractivity contribution in [2.45, 2.75) is 50.4 Å². The molecule has 2 heterocycles. The Morgan fingerprint density at radius 3 is 2.78 bits per heavy atom. The molecule has 1 N–H and O–H groups in total. The number of nitrogens with one attached hydrogen (secondary N) is 1. The zero-order valence-corrected chi connectivity index (χ0v) is 18.6. The third kappa shape index (κ3) is 3.47. The van der Waals surface area contributed by atoms with Gasteiger partial charge in [0.15, 0.2) is 0 Å². The lowest BCUT2D eigenvalue weighted by molar-refractivity contribution is 0.0601. The van der Waals surface area contributed by atoms with E-state index in [1.165, 1.54) is 7.11 Å². The monoisotopic (exact) mass is 436 g/mol. The smallest absolute Gasteiger partial charge is 0.337 e. The van der Waals surface area contributed by atoms with E-state index < -0.39 is 6.17 Å². The second kappa shape index (κ2) is 8.58. The molecule has 1 fully saturated rings. The van der Waals surface area contributed by atoms with E-state index in [4.69, 9.17) is 9.47 Å². The average Bonchev–Trinajstić information content (AvgIpc) is 3.12. The molecule has 2 aliphatic rings. The van der Waals surface area contributed by atoms with E-state index in [2.05, 4.69) is 16.0 Å². The minimum atomic E-state index is -0.877. The molecule has 6 heteroatoms. The molecule has 3 aromatic rings. The minimum Gasteiger partial charge on any atom is -0.491 e. The Labute approximate surface area is 187 Å². The van der Waals surface area contributed by atoms with Crippen molar-refractivity contribution in [3.05, 3.63) is 53.6 Å². The number of likely N-dealkylation sites (N-methyl/N-ethyl adjacent to an activating group) is 1. The number of ether oxygens (including phenoxy) is 2. The van der Waals surface area contributed by atoms with Crippen LogP contribution in [0.2, 0.25) is 0 Å². The first-order valence-corrected chi connectivity index (χ1v) is 11.4. The average molecular weight is 437 g/mol. The summed E-state index contributed by atoms with van der Waals surface area (Å²) in [6, 6.07) is 13.7. The maximum atomic E-state index is 15.3. The number of nitrogens with zero attached hydrogens (tertiary/aromatic N) is 1. The molecule has 1 aromatic heterocycles. The zero-order chi connectivity index (χ0) is 22.2. The fourth-order valence-corrected chi connectivity index (χ4v) is 5.31. The fraction of sp³-hybridized carbons (Fsp3) is 0.423. The maximum Gasteiger partial charge on any atom is 0.337 e. The van der Waals surface area contributed by atoms with Gasteiger partial charge in [-0.2, -0.15) is 0 Å². The molecule has 0 amide bonds. The summed E-state index contributed by atoms with van der Waals surface area (Å²) in [5.74, 6) is 0.258. The van der Waals surface area contributed by atoms with Crippen LogP contribution in [-0.4, -0.2) is 43.5 Å². The number of halogens is 1. The number of hydrogen-bond acceptors (Lipinski definition) is 4. The molecule has 0 bridgehead atoms. The van der Waals surface area contributed by atoms with Crippen LogP contribution in [0, 0.1) is 0 Å². The number of para-hydroxylation sites is 1. The van der Waals surface area contributed by atoms with Gasteiger partial charge in [-0.25, -0.2) is 9.18 Å². The van der Waals surface area contributed by atoms with Crippen LogP contribution in [0.4, 0.5) is 4.39 Å². The van der Waals surface area contributed by atoms with Crippen molar-refractivity contribution in [3.63, 3.8) is 0 Å². The molecule has 5 rings (SSSR count). The first-order valence-electron chi connectivity index (χ1n) is 11.4. The molecule has 1 saturated carbocycles. The van der Waals surface area contributed by atoms with E-state index in [9.17, 15) is 4.79 Å². The van der Waals surface area contributed by atoms with Gasteiger partial charge >= 0.3 is 5.97 Å². The van der Waals surface area contributed by atoms with E-state index in [1.54, 1.807) is 6.07 Å². The number of methoxy groups -OCH3 is 1. The van der Waals surface area contributed by atoms with Crippen LogP contribution >= 0.6 is 0 Å². The molecule has 1 aliphatic heterocycles. The number of fused-ring (bicyclic) bond motifs is 5. The molecule has 0 radical (unpaired) electrons. The predicted molar refractivity (Wildman–Crippen MR) is 123 cm³/mol. The van der Waals surface area contributed by atoms with Gasteiger partial charge in [-0.3, -0.25) is 0 Å². The summed E-state index contributed by atoms with van der Waals surface area (Å²) >= 11 is 0. The maximum absolute atomic E-state index is 15.3. The summed E-state index contributed by atoms with van der Waals surface area (Å²) in [6.07, 6.45) is 2.49. The van der Waals surface area contributed by atoms with Crippen LogP contribution < -0.4 is 10.1 Å². The summed E-state index contributed by atoms with van der Waals surface area (Å²) in [6.45, 7) is 1.18. The number of carbonyl (C=O) groups is 1. The van der Waals surface area contributed by atoms with E-state index in [0.29, 0.717) is 25.1 Å². The van der Waals surface area contributed by atoms with E-state index in [0.717, 1.165) is 52.7 Å². The first-order chi connectivity index (χ1) is 15.6. The Hall–Kier alpha value is -2.86. The Bertz CT molecular complexity index is 1160. The topological polar surface area (TPSA) is 52.5 Å². The Kier molecular flexibility index (Phi) is 5.64. The molecule has 0 saturated heterocycles. The summed E-state index contributed by atoms with van der Waals surface area (Å²) < 4.78 is 28.8. The Balaban J connectivity index is 1.84. The molecule has 0 spiro atoms. The van der Waals surface area contributed by atoms with Crippen LogP contribution in [0.5, 0.6) is 5.75 Å². The van der Waals surface area contributed by atoms with Crippen LogP contribution in [0.15, 0.2) is 42.5 Å². The molecule has 1 aliphatic carbocycles. The van der Waals surface area contributed by atoms with Crippen LogP contribution in [0.1, 0.15) is 47.5 Å². The lowest BCUT2D eigenvalue weighted by atomic mass is 9.80. The van der Waals surface area contributed by atoms with Crippen LogP contribution in [0.3, 0.4) is 0 Å². The molecule has 3 atom stereocenters.